The molecule has 2 aliphatic carbocycles. The predicted molar refractivity (Wildman–Crippen MR) is 148 cm³/mol. The van der Waals surface area contributed by atoms with Gasteiger partial charge >= 0.3 is 11.9 Å². The Morgan fingerprint density at radius 3 is 2.37 bits per heavy atom. The fraction of sp³-hybridized carbons (Fsp3) is 0.562. The normalized spacial score (nSPS) is 40.0. The Morgan fingerprint density at radius 2 is 1.73 bits per heavy atom. The molecule has 10 atom stereocenters. The van der Waals surface area contributed by atoms with Crippen LogP contribution in [-0.2, 0) is 39.8 Å². The van der Waals surface area contributed by atoms with Crippen molar-refractivity contribution < 1.29 is 38.5 Å². The summed E-state index contributed by atoms with van der Waals surface area (Å²) in [6, 6.07) is 9.44. The molecule has 2 fully saturated rings. The largest absolute Gasteiger partial charge is 0.458 e. The van der Waals surface area contributed by atoms with Gasteiger partial charge in [0.15, 0.2) is 5.78 Å². The monoisotopic (exact) mass is 565 g/mol. The van der Waals surface area contributed by atoms with Gasteiger partial charge in [0.05, 0.1) is 0 Å². The summed E-state index contributed by atoms with van der Waals surface area (Å²) in [5.41, 5.74) is -0.590. The van der Waals surface area contributed by atoms with E-state index >= 15 is 0 Å². The highest BCUT2D eigenvalue weighted by atomic mass is 16.6. The SMILES string of the molecule is CC(=O)O[C@@H]1C(C)=C(C)[C@H]2[C@H](Cc3ccccc3)NC(=O)[C@]23[C@H](OC(C)=O)[C@@H]2O[C@@H]2[C@@](C)(O)C(=O)[C@@H](C)CC=C[C@@H]13. The van der Waals surface area contributed by atoms with Crippen LogP contribution >= 0.6 is 0 Å². The number of amides is 1. The Bertz CT molecular complexity index is 1320. The number of Topliss-reactive ketones (excluding diaryl/α,β-unsaturated/α-hetero) is 1. The molecule has 9 nitrogen and oxygen atoms in total. The fourth-order valence-corrected chi connectivity index (χ4v) is 7.59. The van der Waals surface area contributed by atoms with Crippen molar-refractivity contribution in [1.29, 1.82) is 0 Å². The first-order chi connectivity index (χ1) is 19.3. The van der Waals surface area contributed by atoms with Gasteiger partial charge in [-0.15, -0.1) is 0 Å². The molecule has 0 aromatic heterocycles. The lowest BCUT2D eigenvalue weighted by molar-refractivity contribution is -0.174. The number of ketones is 1. The number of epoxide rings is 1. The molecule has 0 saturated carbocycles. The highest BCUT2D eigenvalue weighted by Gasteiger charge is 2.74. The van der Waals surface area contributed by atoms with E-state index in [2.05, 4.69) is 5.32 Å². The molecule has 2 saturated heterocycles. The number of esters is 2. The van der Waals surface area contributed by atoms with E-state index < -0.39 is 70.9 Å². The number of benzene rings is 1. The first-order valence-electron chi connectivity index (χ1n) is 14.3. The van der Waals surface area contributed by atoms with Gasteiger partial charge in [0.1, 0.15) is 35.4 Å². The van der Waals surface area contributed by atoms with Gasteiger partial charge in [-0.3, -0.25) is 19.2 Å². The van der Waals surface area contributed by atoms with Crippen LogP contribution in [0.3, 0.4) is 0 Å². The van der Waals surface area contributed by atoms with Crippen LogP contribution in [0.4, 0.5) is 0 Å². The van der Waals surface area contributed by atoms with Crippen molar-refractivity contribution in [1.82, 2.24) is 5.32 Å². The number of rotatable bonds is 4. The molecule has 0 radical (unpaired) electrons. The van der Waals surface area contributed by atoms with Crippen molar-refractivity contribution >= 4 is 23.6 Å². The topological polar surface area (TPSA) is 132 Å². The third-order valence-electron chi connectivity index (χ3n) is 9.53. The van der Waals surface area contributed by atoms with Gasteiger partial charge in [0.25, 0.3) is 0 Å². The Labute approximate surface area is 240 Å². The van der Waals surface area contributed by atoms with Crippen molar-refractivity contribution in [2.45, 2.75) is 90.4 Å². The Morgan fingerprint density at radius 1 is 1.07 bits per heavy atom. The maximum Gasteiger partial charge on any atom is 0.303 e. The summed E-state index contributed by atoms with van der Waals surface area (Å²) in [7, 11) is 0. The molecule has 1 amide bonds. The van der Waals surface area contributed by atoms with E-state index in [0.717, 1.165) is 16.7 Å². The number of allylic oxidation sites excluding steroid dienone is 1. The molecule has 2 aliphatic heterocycles. The number of hydrogen-bond donors (Lipinski definition) is 2. The van der Waals surface area contributed by atoms with E-state index in [1.165, 1.54) is 20.8 Å². The first-order valence-corrected chi connectivity index (χ1v) is 14.3. The number of hydrogen-bond acceptors (Lipinski definition) is 8. The van der Waals surface area contributed by atoms with E-state index in [0.29, 0.717) is 12.8 Å². The zero-order valence-corrected chi connectivity index (χ0v) is 24.4. The van der Waals surface area contributed by atoms with Crippen molar-refractivity contribution in [3.63, 3.8) is 0 Å². The minimum Gasteiger partial charge on any atom is -0.458 e. The molecule has 1 aromatic rings. The van der Waals surface area contributed by atoms with Gasteiger partial charge in [0, 0.05) is 37.6 Å². The smallest absolute Gasteiger partial charge is 0.303 e. The van der Waals surface area contributed by atoms with Crippen LogP contribution in [0.25, 0.3) is 0 Å². The van der Waals surface area contributed by atoms with Crippen LogP contribution in [0.2, 0.25) is 0 Å². The second-order valence-corrected chi connectivity index (χ2v) is 12.2. The predicted octanol–water partition coefficient (Wildman–Crippen LogP) is 2.84. The summed E-state index contributed by atoms with van der Waals surface area (Å²) < 4.78 is 17.9. The number of aliphatic hydroxyl groups is 1. The maximum atomic E-state index is 14.6. The van der Waals surface area contributed by atoms with Gasteiger partial charge in [0.2, 0.25) is 5.91 Å². The van der Waals surface area contributed by atoms with E-state index in [1.807, 2.05) is 56.3 Å². The molecule has 0 bridgehead atoms. The van der Waals surface area contributed by atoms with Crippen molar-refractivity contribution in [2.24, 2.45) is 23.2 Å². The van der Waals surface area contributed by atoms with E-state index in [9.17, 15) is 24.3 Å². The summed E-state index contributed by atoms with van der Waals surface area (Å²) in [4.78, 5) is 52.9. The number of carbonyl (C=O) groups is 4. The van der Waals surface area contributed by atoms with Crippen LogP contribution in [0.5, 0.6) is 0 Å². The molecule has 0 unspecified atom stereocenters. The van der Waals surface area contributed by atoms with Crippen molar-refractivity contribution in [2.75, 3.05) is 0 Å². The highest BCUT2D eigenvalue weighted by Crippen LogP contribution is 2.60. The lowest BCUT2D eigenvalue weighted by Crippen LogP contribution is -2.61. The third kappa shape index (κ3) is 4.73. The lowest BCUT2D eigenvalue weighted by Gasteiger charge is -2.50. The van der Waals surface area contributed by atoms with E-state index in [-0.39, 0.29) is 11.9 Å². The zero-order valence-electron chi connectivity index (χ0n) is 24.4. The Kier molecular flexibility index (Phi) is 7.49. The summed E-state index contributed by atoms with van der Waals surface area (Å²) in [5.74, 6) is -3.61. The number of carbonyl (C=O) groups excluding carboxylic acids is 4. The van der Waals surface area contributed by atoms with Crippen LogP contribution in [0.15, 0.2) is 53.6 Å². The van der Waals surface area contributed by atoms with Gasteiger partial charge in [-0.1, -0.05) is 55.0 Å². The molecule has 9 heteroatoms. The molecule has 1 spiro atoms. The van der Waals surface area contributed by atoms with Crippen molar-refractivity contribution in [3.05, 3.63) is 59.2 Å². The second-order valence-electron chi connectivity index (χ2n) is 12.2. The molecule has 5 rings (SSSR count). The highest BCUT2D eigenvalue weighted by molar-refractivity contribution is 5.91. The molecule has 2 N–H and O–H groups in total. The second kappa shape index (κ2) is 10.5. The number of fused-ring (bicyclic) bond motifs is 1. The molecular formula is C32H39NO8. The fourth-order valence-electron chi connectivity index (χ4n) is 7.59. The van der Waals surface area contributed by atoms with E-state index in [4.69, 9.17) is 14.2 Å². The minimum atomic E-state index is -1.86. The molecule has 4 aliphatic rings. The molecule has 220 valence electrons. The van der Waals surface area contributed by atoms with Crippen LogP contribution < -0.4 is 5.32 Å². The Hall–Kier alpha value is -3.30. The number of nitrogens with one attached hydrogen (secondary N) is 1. The zero-order chi connectivity index (χ0) is 29.9. The quantitative estimate of drug-likeness (QED) is 0.324. The minimum absolute atomic E-state index is 0.297. The molecule has 1 aromatic carbocycles. The Balaban J connectivity index is 1.76. The molecular weight excluding hydrogens is 526 g/mol. The first kappa shape index (κ1) is 29.2. The standard InChI is InChI=1S/C32H39NO8/c1-16-11-10-14-22-25(39-19(4)34)18(3)17(2)24-23(15-21-12-8-7-9-13-21)33-30(37)32(22,24)29(40-20(5)35)26-28(41-26)31(6,38)27(16)36/h7-10,12-14,16,22-26,28-29,38H,11,15H2,1-6H3,(H,33,37)/t16-,22-,23-,24-,25+,26+,28-,29+,31-,32-/m0/s1. The average molecular weight is 566 g/mol. The van der Waals surface area contributed by atoms with Crippen molar-refractivity contribution in [3.8, 4) is 0 Å². The lowest BCUT2D eigenvalue weighted by atomic mass is 9.53. The van der Waals surface area contributed by atoms with Gasteiger partial charge in [-0.2, -0.15) is 0 Å². The van der Waals surface area contributed by atoms with E-state index in [1.54, 1.807) is 6.92 Å². The maximum absolute atomic E-state index is 14.6. The summed E-state index contributed by atoms with van der Waals surface area (Å²) in [6.45, 7) is 9.57. The number of ether oxygens (including phenoxy) is 3. The van der Waals surface area contributed by atoms with Crippen LogP contribution in [-0.4, -0.2) is 64.8 Å². The van der Waals surface area contributed by atoms with Crippen LogP contribution in [0.1, 0.15) is 53.5 Å². The van der Waals surface area contributed by atoms with Gasteiger partial charge in [-0.05, 0) is 44.7 Å². The molecule has 2 heterocycles. The van der Waals surface area contributed by atoms with Gasteiger partial charge in [-0.25, -0.2) is 0 Å². The summed E-state index contributed by atoms with van der Waals surface area (Å²) in [5, 5.41) is 14.6. The van der Waals surface area contributed by atoms with Gasteiger partial charge < -0.3 is 24.6 Å². The summed E-state index contributed by atoms with van der Waals surface area (Å²) in [6.07, 6.45) is 0.579. The summed E-state index contributed by atoms with van der Waals surface area (Å²) >= 11 is 0. The average Bonchev–Trinajstić information content (AvgIpc) is 3.66. The van der Waals surface area contributed by atoms with Crippen LogP contribution in [0, 0.1) is 23.2 Å². The third-order valence-corrected chi connectivity index (χ3v) is 9.53. The molecule has 41 heavy (non-hydrogen) atoms.